The first-order chi connectivity index (χ1) is 14.1. The summed E-state index contributed by atoms with van der Waals surface area (Å²) in [5.41, 5.74) is 1.88. The highest BCUT2D eigenvalue weighted by Gasteiger charge is 2.27. The Morgan fingerprint density at radius 3 is 2.38 bits per heavy atom. The van der Waals surface area contributed by atoms with Gasteiger partial charge in [0.2, 0.25) is 5.91 Å². The van der Waals surface area contributed by atoms with Gasteiger partial charge in [0.25, 0.3) is 5.91 Å². The molecule has 1 aromatic carbocycles. The Hall–Kier alpha value is -3.22. The first-order valence-electron chi connectivity index (χ1n) is 9.73. The van der Waals surface area contributed by atoms with Gasteiger partial charge in [-0.05, 0) is 49.2 Å². The predicted octanol–water partition coefficient (Wildman–Crippen LogP) is 2.08. The molecule has 1 aromatic heterocycles. The second kappa shape index (κ2) is 9.82. The number of piperidine rings is 1. The lowest BCUT2D eigenvalue weighted by Gasteiger charge is -2.31. The summed E-state index contributed by atoms with van der Waals surface area (Å²) in [6, 6.07) is 12.2. The molecule has 1 aliphatic rings. The molecule has 0 radical (unpaired) electrons. The molecule has 1 aliphatic heterocycles. The Morgan fingerprint density at radius 2 is 1.76 bits per heavy atom. The summed E-state index contributed by atoms with van der Waals surface area (Å²) < 4.78 is 4.66. The van der Waals surface area contributed by atoms with Gasteiger partial charge >= 0.3 is 5.97 Å². The van der Waals surface area contributed by atoms with E-state index in [2.05, 4.69) is 15.0 Å². The van der Waals surface area contributed by atoms with E-state index in [1.54, 1.807) is 35.4 Å². The van der Waals surface area contributed by atoms with Crippen LogP contribution in [0.2, 0.25) is 0 Å². The van der Waals surface area contributed by atoms with Gasteiger partial charge in [0, 0.05) is 49.4 Å². The number of nitrogens with one attached hydrogen (secondary N) is 1. The van der Waals surface area contributed by atoms with Crippen LogP contribution in [-0.2, 0) is 16.0 Å². The van der Waals surface area contributed by atoms with Crippen LogP contribution in [0, 0.1) is 5.92 Å². The van der Waals surface area contributed by atoms with Crippen LogP contribution >= 0.6 is 0 Å². The predicted molar refractivity (Wildman–Crippen MR) is 107 cm³/mol. The first kappa shape index (κ1) is 20.5. The molecule has 2 heterocycles. The van der Waals surface area contributed by atoms with Gasteiger partial charge in [0.1, 0.15) is 0 Å². The van der Waals surface area contributed by atoms with E-state index in [0.717, 1.165) is 5.69 Å². The Bertz CT molecular complexity index is 844. The smallest absolute Gasteiger partial charge is 0.337 e. The Labute approximate surface area is 170 Å². The molecule has 3 rings (SSSR count). The number of rotatable bonds is 6. The zero-order chi connectivity index (χ0) is 20.6. The maximum absolute atomic E-state index is 12.7. The molecule has 0 saturated carbocycles. The number of likely N-dealkylation sites (tertiary alicyclic amines) is 1. The molecule has 7 heteroatoms. The highest BCUT2D eigenvalue weighted by atomic mass is 16.5. The standard InChI is InChI=1S/C22H25N3O4/c1-29-22(28)18-7-5-17(6-8-18)21(27)25-14-10-16(11-15-25)20(26)24-13-9-19-4-2-3-12-23-19/h2-8,12,16H,9-11,13-15H2,1H3,(H,24,26). The highest BCUT2D eigenvalue weighted by molar-refractivity contribution is 5.96. The SMILES string of the molecule is COC(=O)c1ccc(C(=O)N2CCC(C(=O)NCCc3ccccn3)CC2)cc1. The summed E-state index contributed by atoms with van der Waals surface area (Å²) in [7, 11) is 1.32. The fraction of sp³-hybridized carbons (Fsp3) is 0.364. The number of pyridine rings is 1. The van der Waals surface area contributed by atoms with Crippen LogP contribution in [-0.4, -0.2) is 54.4 Å². The van der Waals surface area contributed by atoms with Crippen molar-refractivity contribution < 1.29 is 19.1 Å². The van der Waals surface area contributed by atoms with E-state index in [9.17, 15) is 14.4 Å². The van der Waals surface area contributed by atoms with Crippen molar-refractivity contribution >= 4 is 17.8 Å². The molecule has 0 aliphatic carbocycles. The van der Waals surface area contributed by atoms with Gasteiger partial charge in [-0.1, -0.05) is 6.07 Å². The van der Waals surface area contributed by atoms with Crippen molar-refractivity contribution in [2.75, 3.05) is 26.7 Å². The van der Waals surface area contributed by atoms with Crippen molar-refractivity contribution in [3.63, 3.8) is 0 Å². The number of benzene rings is 1. The number of carbonyl (C=O) groups excluding carboxylic acids is 3. The van der Waals surface area contributed by atoms with E-state index >= 15 is 0 Å². The minimum Gasteiger partial charge on any atom is -0.465 e. The molecule has 2 amide bonds. The van der Waals surface area contributed by atoms with Crippen LogP contribution in [0.1, 0.15) is 39.3 Å². The van der Waals surface area contributed by atoms with Gasteiger partial charge in [-0.3, -0.25) is 14.6 Å². The summed E-state index contributed by atoms with van der Waals surface area (Å²) in [5.74, 6) is -0.561. The van der Waals surface area contributed by atoms with Crippen LogP contribution in [0.5, 0.6) is 0 Å². The molecule has 29 heavy (non-hydrogen) atoms. The summed E-state index contributed by atoms with van der Waals surface area (Å²) >= 11 is 0. The number of ether oxygens (including phenoxy) is 1. The van der Waals surface area contributed by atoms with Crippen LogP contribution in [0.3, 0.4) is 0 Å². The Morgan fingerprint density at radius 1 is 1.07 bits per heavy atom. The van der Waals surface area contributed by atoms with Crippen molar-refractivity contribution in [1.82, 2.24) is 15.2 Å². The molecule has 0 bridgehead atoms. The molecule has 1 saturated heterocycles. The molecule has 1 N–H and O–H groups in total. The number of esters is 1. The van der Waals surface area contributed by atoms with Crippen molar-refractivity contribution in [2.45, 2.75) is 19.3 Å². The maximum Gasteiger partial charge on any atom is 0.337 e. The molecule has 0 spiro atoms. The van der Waals surface area contributed by atoms with Crippen molar-refractivity contribution in [3.05, 3.63) is 65.5 Å². The van der Waals surface area contributed by atoms with E-state index in [1.165, 1.54) is 7.11 Å². The minimum absolute atomic E-state index is 0.0375. The van der Waals surface area contributed by atoms with Crippen LogP contribution in [0.25, 0.3) is 0 Å². The quantitative estimate of drug-likeness (QED) is 0.757. The summed E-state index contributed by atoms with van der Waals surface area (Å²) in [6.07, 6.45) is 3.72. The molecule has 0 atom stereocenters. The fourth-order valence-corrected chi connectivity index (χ4v) is 3.40. The molecular weight excluding hydrogens is 370 g/mol. The molecule has 2 aromatic rings. The van der Waals surface area contributed by atoms with E-state index in [-0.39, 0.29) is 17.7 Å². The number of aromatic nitrogens is 1. The lowest BCUT2D eigenvalue weighted by atomic mass is 9.95. The number of carbonyl (C=O) groups is 3. The third-order valence-electron chi connectivity index (χ3n) is 5.11. The van der Waals surface area contributed by atoms with Crippen LogP contribution in [0.4, 0.5) is 0 Å². The molecular formula is C22H25N3O4. The lowest BCUT2D eigenvalue weighted by molar-refractivity contribution is -0.126. The van der Waals surface area contributed by atoms with Gasteiger partial charge in [0.05, 0.1) is 12.7 Å². The zero-order valence-electron chi connectivity index (χ0n) is 16.5. The number of hydrogen-bond acceptors (Lipinski definition) is 5. The van der Waals surface area contributed by atoms with E-state index in [4.69, 9.17) is 0 Å². The number of methoxy groups -OCH3 is 1. The zero-order valence-corrected chi connectivity index (χ0v) is 16.5. The van der Waals surface area contributed by atoms with Gasteiger partial charge < -0.3 is 15.0 Å². The van der Waals surface area contributed by atoms with E-state index in [0.29, 0.717) is 50.0 Å². The van der Waals surface area contributed by atoms with Gasteiger partial charge in [-0.2, -0.15) is 0 Å². The van der Waals surface area contributed by atoms with Crippen molar-refractivity contribution in [2.24, 2.45) is 5.92 Å². The third-order valence-corrected chi connectivity index (χ3v) is 5.11. The molecule has 7 nitrogen and oxygen atoms in total. The highest BCUT2D eigenvalue weighted by Crippen LogP contribution is 2.19. The van der Waals surface area contributed by atoms with Gasteiger partial charge in [-0.25, -0.2) is 4.79 Å². The van der Waals surface area contributed by atoms with Crippen molar-refractivity contribution in [3.8, 4) is 0 Å². The molecule has 152 valence electrons. The maximum atomic E-state index is 12.7. The number of amides is 2. The summed E-state index contributed by atoms with van der Waals surface area (Å²) in [6.45, 7) is 1.63. The van der Waals surface area contributed by atoms with Gasteiger partial charge in [-0.15, -0.1) is 0 Å². The Kier molecular flexibility index (Phi) is 6.94. The second-order valence-corrected chi connectivity index (χ2v) is 7.00. The molecule has 1 fully saturated rings. The first-order valence-corrected chi connectivity index (χ1v) is 9.73. The third kappa shape index (κ3) is 5.40. The summed E-state index contributed by atoms with van der Waals surface area (Å²) in [4.78, 5) is 42.5. The fourth-order valence-electron chi connectivity index (χ4n) is 3.40. The second-order valence-electron chi connectivity index (χ2n) is 7.00. The topological polar surface area (TPSA) is 88.6 Å². The van der Waals surface area contributed by atoms with E-state index in [1.807, 2.05) is 18.2 Å². The average Bonchev–Trinajstić information content (AvgIpc) is 2.79. The normalized spacial score (nSPS) is 14.3. The lowest BCUT2D eigenvalue weighted by Crippen LogP contribution is -2.43. The number of hydrogen-bond donors (Lipinski definition) is 1. The summed E-state index contributed by atoms with van der Waals surface area (Å²) in [5, 5.41) is 2.97. The van der Waals surface area contributed by atoms with Gasteiger partial charge in [0.15, 0.2) is 0 Å². The van der Waals surface area contributed by atoms with E-state index < -0.39 is 5.97 Å². The average molecular weight is 395 g/mol. The van der Waals surface area contributed by atoms with Crippen LogP contribution < -0.4 is 5.32 Å². The van der Waals surface area contributed by atoms with Crippen molar-refractivity contribution in [1.29, 1.82) is 0 Å². The largest absolute Gasteiger partial charge is 0.465 e. The number of nitrogens with zero attached hydrogens (tertiary/aromatic N) is 2. The monoisotopic (exact) mass is 395 g/mol. The van der Waals surface area contributed by atoms with Crippen LogP contribution in [0.15, 0.2) is 48.7 Å². The minimum atomic E-state index is -0.432. The molecule has 0 unspecified atom stereocenters. The Balaban J connectivity index is 1.45.